The Hall–Kier alpha value is -3.39. The summed E-state index contributed by atoms with van der Waals surface area (Å²) in [6.45, 7) is 5.08. The molecule has 4 rings (SSSR count). The van der Waals surface area contributed by atoms with Crippen LogP contribution in [-0.2, 0) is 14.4 Å². The van der Waals surface area contributed by atoms with Gasteiger partial charge in [-0.15, -0.1) is 0 Å². The molecule has 0 radical (unpaired) electrons. The van der Waals surface area contributed by atoms with Crippen molar-refractivity contribution >= 4 is 29.1 Å². The second-order valence-electron chi connectivity index (χ2n) is 9.18. The van der Waals surface area contributed by atoms with Crippen LogP contribution in [0.5, 0.6) is 0 Å². The quantitative estimate of drug-likeness (QED) is 0.570. The van der Waals surface area contributed by atoms with Gasteiger partial charge in [-0.1, -0.05) is 42.5 Å². The number of carbonyl (C=O) groups is 3. The summed E-state index contributed by atoms with van der Waals surface area (Å²) in [5.41, 5.74) is 8.11. The highest BCUT2D eigenvalue weighted by Gasteiger charge is 2.30. The summed E-state index contributed by atoms with van der Waals surface area (Å²) in [7, 11) is 0. The minimum Gasteiger partial charge on any atom is -0.370 e. The van der Waals surface area contributed by atoms with E-state index < -0.39 is 11.8 Å². The maximum atomic E-state index is 12.7. The van der Waals surface area contributed by atoms with Gasteiger partial charge in [0.15, 0.2) is 0 Å². The number of nitrogens with two attached hydrogens (primary N) is 1. The molecule has 34 heavy (non-hydrogen) atoms. The molecule has 3 amide bonds. The minimum absolute atomic E-state index is 0.0625. The molecule has 8 nitrogen and oxygen atoms in total. The topological polar surface area (TPSA) is 108 Å². The Morgan fingerprint density at radius 1 is 0.912 bits per heavy atom. The Kier molecular flexibility index (Phi) is 7.47. The molecule has 0 spiro atoms. The van der Waals surface area contributed by atoms with E-state index in [4.69, 9.17) is 5.73 Å². The summed E-state index contributed by atoms with van der Waals surface area (Å²) in [4.78, 5) is 41.2. The zero-order valence-electron chi connectivity index (χ0n) is 19.6. The van der Waals surface area contributed by atoms with E-state index in [9.17, 15) is 14.4 Å². The van der Waals surface area contributed by atoms with E-state index in [-0.39, 0.29) is 23.9 Å². The predicted octanol–water partition coefficient (Wildman–Crippen LogP) is 2.28. The zero-order valence-corrected chi connectivity index (χ0v) is 19.6. The Bertz CT molecular complexity index is 1020. The van der Waals surface area contributed by atoms with Gasteiger partial charge in [0.25, 0.3) is 0 Å². The molecule has 2 saturated heterocycles. The molecule has 4 N–H and O–H groups in total. The molecule has 2 aromatic carbocycles. The fourth-order valence-electron chi connectivity index (χ4n) is 4.89. The number of rotatable bonds is 6. The van der Waals surface area contributed by atoms with Gasteiger partial charge >= 0.3 is 11.8 Å². The third-order valence-electron chi connectivity index (χ3n) is 6.98. The van der Waals surface area contributed by atoms with Crippen LogP contribution in [0.1, 0.15) is 37.8 Å². The molecule has 0 aromatic heterocycles. The molecule has 2 fully saturated rings. The molecular formula is C26H33N5O3. The average molecular weight is 464 g/mol. The van der Waals surface area contributed by atoms with Crippen molar-refractivity contribution < 1.29 is 14.4 Å². The van der Waals surface area contributed by atoms with E-state index in [0.29, 0.717) is 38.2 Å². The number of piperidine rings is 1. The van der Waals surface area contributed by atoms with Crippen molar-refractivity contribution in [2.75, 3.05) is 36.4 Å². The standard InChI is InChI=1S/C26H33N5O3/c1-18(19-7-3-2-4-8-19)31-16-13-21(17-31)28-25(33)26(34)29-22-9-5-6-10-23(22)30-14-11-20(12-15-30)24(27)32/h2-10,18,20-21H,11-17H2,1H3,(H2,27,32)(H,28,33)(H,29,34). The van der Waals surface area contributed by atoms with Gasteiger partial charge in [-0.25, -0.2) is 0 Å². The first-order valence-corrected chi connectivity index (χ1v) is 12.0. The smallest absolute Gasteiger partial charge is 0.313 e. The second kappa shape index (κ2) is 10.7. The van der Waals surface area contributed by atoms with E-state index in [0.717, 1.165) is 18.7 Å². The predicted molar refractivity (Wildman–Crippen MR) is 132 cm³/mol. The maximum absolute atomic E-state index is 12.7. The van der Waals surface area contributed by atoms with Crippen molar-refractivity contribution in [3.63, 3.8) is 0 Å². The van der Waals surface area contributed by atoms with Gasteiger partial charge in [0.05, 0.1) is 11.4 Å². The molecule has 8 heteroatoms. The number of nitrogens with zero attached hydrogens (tertiary/aromatic N) is 2. The maximum Gasteiger partial charge on any atom is 0.313 e. The van der Waals surface area contributed by atoms with E-state index in [1.54, 1.807) is 6.07 Å². The first kappa shape index (κ1) is 23.8. The fraction of sp³-hybridized carbons (Fsp3) is 0.423. The number of likely N-dealkylation sites (tertiary alicyclic amines) is 1. The summed E-state index contributed by atoms with van der Waals surface area (Å²) >= 11 is 0. The largest absolute Gasteiger partial charge is 0.370 e. The van der Waals surface area contributed by atoms with Crippen molar-refractivity contribution in [2.24, 2.45) is 11.7 Å². The number of hydrogen-bond acceptors (Lipinski definition) is 5. The lowest BCUT2D eigenvalue weighted by Gasteiger charge is -2.33. The molecule has 2 unspecified atom stereocenters. The third-order valence-corrected chi connectivity index (χ3v) is 6.98. The van der Waals surface area contributed by atoms with Crippen LogP contribution in [-0.4, -0.2) is 54.8 Å². The second-order valence-corrected chi connectivity index (χ2v) is 9.18. The van der Waals surface area contributed by atoms with Crippen LogP contribution in [0.3, 0.4) is 0 Å². The molecule has 0 aliphatic carbocycles. The number of benzene rings is 2. The van der Waals surface area contributed by atoms with Crippen LogP contribution >= 0.6 is 0 Å². The third kappa shape index (κ3) is 5.56. The molecule has 2 aliphatic heterocycles. The average Bonchev–Trinajstić information content (AvgIpc) is 3.33. The van der Waals surface area contributed by atoms with Crippen molar-refractivity contribution in [3.8, 4) is 0 Å². The number of carbonyl (C=O) groups excluding carboxylic acids is 3. The number of hydrogen-bond donors (Lipinski definition) is 3. The van der Waals surface area contributed by atoms with Crippen LogP contribution in [0.2, 0.25) is 0 Å². The van der Waals surface area contributed by atoms with Crippen LogP contribution in [0, 0.1) is 5.92 Å². The molecule has 2 aliphatic rings. The highest BCUT2D eigenvalue weighted by Crippen LogP contribution is 2.30. The minimum atomic E-state index is -0.672. The van der Waals surface area contributed by atoms with Gasteiger partial charge in [0, 0.05) is 44.2 Å². The molecule has 0 bridgehead atoms. The van der Waals surface area contributed by atoms with Gasteiger partial charge in [0.1, 0.15) is 0 Å². The lowest BCUT2D eigenvalue weighted by Crippen LogP contribution is -2.43. The first-order valence-electron chi connectivity index (χ1n) is 12.0. The zero-order chi connectivity index (χ0) is 24.1. The van der Waals surface area contributed by atoms with Crippen LogP contribution in [0.15, 0.2) is 54.6 Å². The van der Waals surface area contributed by atoms with E-state index in [1.165, 1.54) is 5.56 Å². The van der Waals surface area contributed by atoms with Crippen molar-refractivity contribution in [1.82, 2.24) is 10.2 Å². The van der Waals surface area contributed by atoms with E-state index in [1.807, 2.05) is 36.4 Å². The highest BCUT2D eigenvalue weighted by molar-refractivity contribution is 6.40. The molecule has 2 atom stereocenters. The molecule has 2 aromatic rings. The SMILES string of the molecule is CC(c1ccccc1)N1CCC(NC(=O)C(=O)Nc2ccccc2N2CCC(C(N)=O)CC2)C1. The van der Waals surface area contributed by atoms with Crippen molar-refractivity contribution in [3.05, 3.63) is 60.2 Å². The number of nitrogens with one attached hydrogen (secondary N) is 2. The van der Waals surface area contributed by atoms with Crippen molar-refractivity contribution in [2.45, 2.75) is 38.3 Å². The fourth-order valence-corrected chi connectivity index (χ4v) is 4.89. The Balaban J connectivity index is 1.32. The van der Waals surface area contributed by atoms with Crippen LogP contribution in [0.4, 0.5) is 11.4 Å². The highest BCUT2D eigenvalue weighted by atomic mass is 16.2. The van der Waals surface area contributed by atoms with Gasteiger partial charge < -0.3 is 21.3 Å². The van der Waals surface area contributed by atoms with E-state index in [2.05, 4.69) is 39.5 Å². The Labute approximate surface area is 200 Å². The monoisotopic (exact) mass is 463 g/mol. The summed E-state index contributed by atoms with van der Waals surface area (Å²) in [6, 6.07) is 17.9. The van der Waals surface area contributed by atoms with Crippen LogP contribution < -0.4 is 21.3 Å². The van der Waals surface area contributed by atoms with Gasteiger partial charge in [0.2, 0.25) is 5.91 Å². The summed E-state index contributed by atoms with van der Waals surface area (Å²) in [5.74, 6) is -1.67. The summed E-state index contributed by atoms with van der Waals surface area (Å²) < 4.78 is 0. The van der Waals surface area contributed by atoms with Crippen LogP contribution in [0.25, 0.3) is 0 Å². The molecule has 0 saturated carbocycles. The number of anilines is 2. The lowest BCUT2D eigenvalue weighted by molar-refractivity contribution is -0.136. The Morgan fingerprint density at radius 3 is 2.29 bits per heavy atom. The van der Waals surface area contributed by atoms with Gasteiger partial charge in [-0.2, -0.15) is 0 Å². The lowest BCUT2D eigenvalue weighted by atomic mass is 9.96. The summed E-state index contributed by atoms with van der Waals surface area (Å²) in [6.07, 6.45) is 2.16. The number of primary amides is 1. The molecule has 2 heterocycles. The molecule has 180 valence electrons. The van der Waals surface area contributed by atoms with Gasteiger partial charge in [-0.05, 0) is 43.9 Å². The number of amides is 3. The molecular weight excluding hydrogens is 430 g/mol. The van der Waals surface area contributed by atoms with Gasteiger partial charge in [-0.3, -0.25) is 19.3 Å². The van der Waals surface area contributed by atoms with E-state index >= 15 is 0 Å². The first-order chi connectivity index (χ1) is 16.4. The summed E-state index contributed by atoms with van der Waals surface area (Å²) in [5, 5.41) is 5.67. The number of para-hydroxylation sites is 2. The van der Waals surface area contributed by atoms with Crippen molar-refractivity contribution in [1.29, 1.82) is 0 Å². The Morgan fingerprint density at radius 2 is 1.59 bits per heavy atom. The normalized spacial score (nSPS) is 20.0.